The molecule has 5 rings (SSSR count). The molecule has 8 nitrogen and oxygen atoms in total. The molecule has 0 atom stereocenters. The van der Waals surface area contributed by atoms with E-state index < -0.39 is 0 Å². The van der Waals surface area contributed by atoms with E-state index in [1.54, 1.807) is 12.3 Å². The normalized spacial score (nSPS) is 11.1. The van der Waals surface area contributed by atoms with Gasteiger partial charge in [0, 0.05) is 35.9 Å². The minimum absolute atomic E-state index is 0.226. The number of fused-ring (bicyclic) bond motifs is 1. The summed E-state index contributed by atoms with van der Waals surface area (Å²) in [7, 11) is 0. The number of anilines is 1. The van der Waals surface area contributed by atoms with Gasteiger partial charge in [-0.3, -0.25) is 13.8 Å². The Morgan fingerprint density at radius 3 is 2.67 bits per heavy atom. The van der Waals surface area contributed by atoms with Crippen molar-refractivity contribution < 1.29 is 4.79 Å². The Labute approximate surface area is 175 Å². The van der Waals surface area contributed by atoms with Crippen LogP contribution in [0.4, 0.5) is 5.82 Å². The monoisotopic (exact) mass is 415 g/mol. The van der Waals surface area contributed by atoms with Crippen LogP contribution in [0.2, 0.25) is 0 Å². The molecule has 4 aromatic heterocycles. The number of aryl methyl sites for hydroxylation is 2. The largest absolute Gasteiger partial charge is 0.306 e. The number of amides is 1. The predicted molar refractivity (Wildman–Crippen MR) is 115 cm³/mol. The molecular formula is C21H17N7OS. The zero-order chi connectivity index (χ0) is 20.7. The van der Waals surface area contributed by atoms with Crippen molar-refractivity contribution in [1.29, 1.82) is 0 Å². The van der Waals surface area contributed by atoms with Crippen molar-refractivity contribution in [3.05, 3.63) is 77.7 Å². The molecule has 5 aromatic rings. The number of nitrogens with zero attached hydrogens (tertiary/aromatic N) is 6. The number of carbonyl (C=O) groups excluding carboxylic acids is 1. The number of nitrogens with one attached hydrogen (secondary N) is 1. The van der Waals surface area contributed by atoms with Gasteiger partial charge in [-0.15, -0.1) is 0 Å². The minimum atomic E-state index is -0.226. The fourth-order valence-corrected chi connectivity index (χ4v) is 4.25. The van der Waals surface area contributed by atoms with Gasteiger partial charge >= 0.3 is 0 Å². The van der Waals surface area contributed by atoms with Gasteiger partial charge in [0.25, 0.3) is 5.91 Å². The lowest BCUT2D eigenvalue weighted by molar-refractivity contribution is 0.102. The molecule has 4 heterocycles. The minimum Gasteiger partial charge on any atom is -0.306 e. The van der Waals surface area contributed by atoms with Gasteiger partial charge in [0.05, 0.1) is 5.69 Å². The van der Waals surface area contributed by atoms with E-state index in [4.69, 9.17) is 0 Å². The number of hydrogen-bond acceptors (Lipinski definition) is 6. The van der Waals surface area contributed by atoms with Gasteiger partial charge < -0.3 is 5.32 Å². The molecule has 0 unspecified atom stereocenters. The van der Waals surface area contributed by atoms with Crippen LogP contribution >= 0.6 is 11.3 Å². The molecule has 30 heavy (non-hydrogen) atoms. The van der Waals surface area contributed by atoms with Crippen molar-refractivity contribution in [3.8, 4) is 17.1 Å². The summed E-state index contributed by atoms with van der Waals surface area (Å²) in [5, 5.41) is 2.86. The van der Waals surface area contributed by atoms with Gasteiger partial charge in [-0.1, -0.05) is 41.7 Å². The molecule has 0 aliphatic heterocycles. The van der Waals surface area contributed by atoms with E-state index in [2.05, 4.69) is 25.3 Å². The SMILES string of the molecule is Cc1nccn1-c1cc(NC(=O)c2sc3nc(-c4ccccc4)cn3c2C)ncn1. The van der Waals surface area contributed by atoms with Gasteiger partial charge in [0.2, 0.25) is 0 Å². The highest BCUT2D eigenvalue weighted by molar-refractivity contribution is 7.19. The van der Waals surface area contributed by atoms with Crippen molar-refractivity contribution in [2.75, 3.05) is 5.32 Å². The maximum absolute atomic E-state index is 12.9. The summed E-state index contributed by atoms with van der Waals surface area (Å²) in [6.45, 7) is 3.80. The highest BCUT2D eigenvalue weighted by atomic mass is 32.1. The maximum Gasteiger partial charge on any atom is 0.268 e. The molecule has 0 aliphatic carbocycles. The number of hydrogen-bond donors (Lipinski definition) is 1. The topological polar surface area (TPSA) is 90.0 Å². The van der Waals surface area contributed by atoms with Crippen LogP contribution in [0.5, 0.6) is 0 Å². The second kappa shape index (κ2) is 7.20. The van der Waals surface area contributed by atoms with E-state index in [0.29, 0.717) is 16.5 Å². The van der Waals surface area contributed by atoms with Crippen LogP contribution in [0.15, 0.2) is 61.3 Å². The van der Waals surface area contributed by atoms with Gasteiger partial charge in [-0.05, 0) is 13.8 Å². The first-order chi connectivity index (χ1) is 14.6. The van der Waals surface area contributed by atoms with E-state index in [9.17, 15) is 4.79 Å². The Morgan fingerprint density at radius 2 is 1.93 bits per heavy atom. The van der Waals surface area contributed by atoms with Crippen LogP contribution in [-0.4, -0.2) is 34.8 Å². The smallest absolute Gasteiger partial charge is 0.268 e. The zero-order valence-electron chi connectivity index (χ0n) is 16.3. The van der Waals surface area contributed by atoms with Crippen molar-refractivity contribution in [2.45, 2.75) is 13.8 Å². The highest BCUT2D eigenvalue weighted by Gasteiger charge is 2.19. The van der Waals surface area contributed by atoms with Crippen LogP contribution in [0.3, 0.4) is 0 Å². The van der Waals surface area contributed by atoms with E-state index in [-0.39, 0.29) is 5.91 Å². The molecule has 0 radical (unpaired) electrons. The Balaban J connectivity index is 1.42. The van der Waals surface area contributed by atoms with E-state index in [1.807, 2.05) is 65.5 Å². The van der Waals surface area contributed by atoms with E-state index >= 15 is 0 Å². The number of benzene rings is 1. The summed E-state index contributed by atoms with van der Waals surface area (Å²) in [6, 6.07) is 11.7. The average molecular weight is 415 g/mol. The molecular weight excluding hydrogens is 398 g/mol. The molecule has 1 N–H and O–H groups in total. The second-order valence-electron chi connectivity index (χ2n) is 6.72. The fourth-order valence-electron chi connectivity index (χ4n) is 3.25. The Hall–Kier alpha value is -3.85. The lowest BCUT2D eigenvalue weighted by atomic mass is 10.2. The third-order valence-corrected chi connectivity index (χ3v) is 5.95. The van der Waals surface area contributed by atoms with Crippen molar-refractivity contribution in [1.82, 2.24) is 28.9 Å². The van der Waals surface area contributed by atoms with Crippen LogP contribution in [0.1, 0.15) is 21.2 Å². The molecule has 0 spiro atoms. The number of imidazole rings is 2. The van der Waals surface area contributed by atoms with Crippen LogP contribution in [-0.2, 0) is 0 Å². The Morgan fingerprint density at radius 1 is 1.10 bits per heavy atom. The van der Waals surface area contributed by atoms with Gasteiger partial charge in [0.15, 0.2) is 4.96 Å². The standard InChI is InChI=1S/C21H17N7OS/c1-13-19(30-21-25-16(11-28(13)21)15-6-4-3-5-7-15)20(29)26-17-10-18(24-12-23-17)27-9-8-22-14(27)2/h3-12H,1-2H3,(H,23,24,26,29). The Kier molecular flexibility index (Phi) is 4.36. The van der Waals surface area contributed by atoms with Gasteiger partial charge in [-0.2, -0.15) is 0 Å². The van der Waals surface area contributed by atoms with E-state index in [1.165, 1.54) is 17.7 Å². The summed E-state index contributed by atoms with van der Waals surface area (Å²) in [4.78, 5) is 31.6. The summed E-state index contributed by atoms with van der Waals surface area (Å²) < 4.78 is 3.77. The number of thiazole rings is 1. The third kappa shape index (κ3) is 3.15. The fraction of sp³-hybridized carbons (Fsp3) is 0.0952. The first-order valence-electron chi connectivity index (χ1n) is 9.28. The first-order valence-corrected chi connectivity index (χ1v) is 10.1. The summed E-state index contributed by atoms with van der Waals surface area (Å²) in [5.41, 5.74) is 2.76. The summed E-state index contributed by atoms with van der Waals surface area (Å²) in [5.74, 6) is 1.64. The molecule has 1 aromatic carbocycles. The quantitative estimate of drug-likeness (QED) is 0.481. The lowest BCUT2D eigenvalue weighted by Crippen LogP contribution is -2.14. The molecule has 9 heteroatoms. The molecule has 0 fully saturated rings. The number of aromatic nitrogens is 6. The molecule has 0 aliphatic rings. The molecule has 0 saturated carbocycles. The first kappa shape index (κ1) is 18.2. The molecule has 0 bridgehead atoms. The third-order valence-electron chi connectivity index (χ3n) is 4.80. The molecule has 1 amide bonds. The predicted octanol–water partition coefficient (Wildman–Crippen LogP) is 3.91. The second-order valence-corrected chi connectivity index (χ2v) is 7.70. The van der Waals surface area contributed by atoms with Crippen molar-refractivity contribution in [2.24, 2.45) is 0 Å². The summed E-state index contributed by atoms with van der Waals surface area (Å²) >= 11 is 1.35. The maximum atomic E-state index is 12.9. The number of carbonyl (C=O) groups is 1. The average Bonchev–Trinajstić information content (AvgIpc) is 3.45. The van der Waals surface area contributed by atoms with Crippen LogP contribution in [0.25, 0.3) is 22.0 Å². The van der Waals surface area contributed by atoms with Crippen molar-refractivity contribution >= 4 is 28.0 Å². The van der Waals surface area contributed by atoms with Gasteiger partial charge in [0.1, 0.15) is 28.7 Å². The Bertz CT molecular complexity index is 1370. The lowest BCUT2D eigenvalue weighted by Gasteiger charge is -2.07. The highest BCUT2D eigenvalue weighted by Crippen LogP contribution is 2.27. The molecule has 148 valence electrons. The van der Waals surface area contributed by atoms with E-state index in [0.717, 1.165) is 27.7 Å². The van der Waals surface area contributed by atoms with Crippen LogP contribution < -0.4 is 5.32 Å². The molecule has 0 saturated heterocycles. The van der Waals surface area contributed by atoms with Gasteiger partial charge in [-0.25, -0.2) is 19.9 Å². The number of rotatable bonds is 4. The summed E-state index contributed by atoms with van der Waals surface area (Å²) in [6.07, 6.45) is 6.89. The van der Waals surface area contributed by atoms with Crippen molar-refractivity contribution in [3.63, 3.8) is 0 Å². The van der Waals surface area contributed by atoms with Crippen LogP contribution in [0, 0.1) is 13.8 Å². The zero-order valence-corrected chi connectivity index (χ0v) is 17.1.